The van der Waals surface area contributed by atoms with Gasteiger partial charge in [-0.1, -0.05) is 18.2 Å². The zero-order valence-corrected chi connectivity index (χ0v) is 13.0. The number of hydrogen-bond donors (Lipinski definition) is 1. The summed E-state index contributed by atoms with van der Waals surface area (Å²) in [4.78, 5) is 0.371. The summed E-state index contributed by atoms with van der Waals surface area (Å²) in [6.45, 7) is 3.06. The normalized spacial score (nSPS) is 23.4. The van der Waals surface area contributed by atoms with Gasteiger partial charge in [0.1, 0.15) is 0 Å². The lowest BCUT2D eigenvalue weighted by molar-refractivity contribution is 0.102. The van der Waals surface area contributed by atoms with Crippen molar-refractivity contribution in [2.45, 2.75) is 36.9 Å². The van der Waals surface area contributed by atoms with Gasteiger partial charge in [-0.05, 0) is 32.0 Å². The molecule has 0 aliphatic carbocycles. The van der Waals surface area contributed by atoms with Crippen molar-refractivity contribution in [1.82, 2.24) is 9.62 Å². The van der Waals surface area contributed by atoms with E-state index < -0.39 is 10.0 Å². The van der Waals surface area contributed by atoms with Crippen LogP contribution in [0.5, 0.6) is 0 Å². The van der Waals surface area contributed by atoms with Gasteiger partial charge < -0.3 is 10.1 Å². The fourth-order valence-corrected chi connectivity index (χ4v) is 4.29. The Bertz CT molecular complexity index is 559. The fraction of sp³-hybridized carbons (Fsp3) is 0.571. The lowest BCUT2D eigenvalue weighted by Crippen LogP contribution is -2.41. The first-order chi connectivity index (χ1) is 9.48. The predicted molar refractivity (Wildman–Crippen MR) is 78.0 cm³/mol. The Morgan fingerprint density at radius 1 is 1.40 bits per heavy atom. The Hall–Kier alpha value is -0.950. The first kappa shape index (κ1) is 15.4. The monoisotopic (exact) mass is 298 g/mol. The van der Waals surface area contributed by atoms with Crippen molar-refractivity contribution in [2.75, 3.05) is 20.7 Å². The molecule has 0 radical (unpaired) electrons. The molecular weight excluding hydrogens is 276 g/mol. The molecule has 0 saturated carbocycles. The number of sulfonamides is 1. The van der Waals surface area contributed by atoms with Gasteiger partial charge in [-0.15, -0.1) is 0 Å². The molecule has 2 atom stereocenters. The molecule has 112 valence electrons. The van der Waals surface area contributed by atoms with Crippen LogP contribution in [0, 0.1) is 0 Å². The van der Waals surface area contributed by atoms with Gasteiger partial charge in [0, 0.05) is 20.2 Å². The van der Waals surface area contributed by atoms with Crippen molar-refractivity contribution in [1.29, 1.82) is 0 Å². The Kier molecular flexibility index (Phi) is 4.80. The zero-order chi connectivity index (χ0) is 14.8. The molecule has 1 heterocycles. The lowest BCUT2D eigenvalue weighted by atomic mass is 10.2. The third-order valence-electron chi connectivity index (χ3n) is 3.80. The Balaban J connectivity index is 2.34. The standard InChI is InChI=1S/C14H22N2O3S/c1-11-13(8-9-19-11)16(3)20(17,18)14-7-5-4-6-12(14)10-15-2/h4-7,11,13,15H,8-10H2,1-3H3. The molecule has 1 aliphatic rings. The summed E-state index contributed by atoms with van der Waals surface area (Å²) >= 11 is 0. The minimum atomic E-state index is -3.49. The van der Waals surface area contributed by atoms with Crippen LogP contribution in [-0.2, 0) is 21.3 Å². The molecule has 1 aromatic rings. The highest BCUT2D eigenvalue weighted by Gasteiger charge is 2.35. The Labute approximate surface area is 121 Å². The summed E-state index contributed by atoms with van der Waals surface area (Å²) in [5.41, 5.74) is 0.786. The van der Waals surface area contributed by atoms with E-state index in [1.54, 1.807) is 26.2 Å². The molecule has 5 nitrogen and oxygen atoms in total. The summed E-state index contributed by atoms with van der Waals surface area (Å²) in [5.74, 6) is 0. The molecule has 1 aliphatic heterocycles. The van der Waals surface area contributed by atoms with Crippen molar-refractivity contribution < 1.29 is 13.2 Å². The van der Waals surface area contributed by atoms with Crippen LogP contribution in [-0.4, -0.2) is 45.6 Å². The van der Waals surface area contributed by atoms with Gasteiger partial charge in [0.15, 0.2) is 0 Å². The number of rotatable bonds is 5. The highest BCUT2D eigenvalue weighted by atomic mass is 32.2. The van der Waals surface area contributed by atoms with Crippen molar-refractivity contribution in [3.63, 3.8) is 0 Å². The van der Waals surface area contributed by atoms with Crippen molar-refractivity contribution >= 4 is 10.0 Å². The van der Waals surface area contributed by atoms with Crippen LogP contribution in [0.4, 0.5) is 0 Å². The van der Waals surface area contributed by atoms with E-state index in [0.29, 0.717) is 18.0 Å². The SMILES string of the molecule is CNCc1ccccc1S(=O)(=O)N(C)C1CCOC1C. The van der Waals surface area contributed by atoms with E-state index in [1.807, 2.05) is 19.1 Å². The quantitative estimate of drug-likeness (QED) is 0.887. The minimum absolute atomic E-state index is 0.0637. The Morgan fingerprint density at radius 3 is 2.70 bits per heavy atom. The van der Waals surface area contributed by atoms with Gasteiger partial charge in [0.2, 0.25) is 10.0 Å². The van der Waals surface area contributed by atoms with E-state index in [-0.39, 0.29) is 12.1 Å². The largest absolute Gasteiger partial charge is 0.377 e. The average molecular weight is 298 g/mol. The molecule has 2 rings (SSSR count). The fourth-order valence-electron chi connectivity index (χ4n) is 2.62. The Morgan fingerprint density at radius 2 is 2.10 bits per heavy atom. The van der Waals surface area contributed by atoms with Gasteiger partial charge in [-0.3, -0.25) is 0 Å². The highest BCUT2D eigenvalue weighted by Crippen LogP contribution is 2.26. The first-order valence-corrected chi connectivity index (χ1v) is 8.24. The number of nitrogens with zero attached hydrogens (tertiary/aromatic N) is 1. The molecule has 0 aromatic heterocycles. The summed E-state index contributed by atoms with van der Waals surface area (Å²) in [7, 11) is -0.0491. The minimum Gasteiger partial charge on any atom is -0.377 e. The second kappa shape index (κ2) is 6.22. The first-order valence-electron chi connectivity index (χ1n) is 6.80. The van der Waals surface area contributed by atoms with Crippen LogP contribution in [0.3, 0.4) is 0 Å². The van der Waals surface area contributed by atoms with Gasteiger partial charge in [0.05, 0.1) is 17.0 Å². The molecule has 0 spiro atoms. The van der Waals surface area contributed by atoms with Crippen LogP contribution >= 0.6 is 0 Å². The summed E-state index contributed by atoms with van der Waals surface area (Å²) < 4.78 is 32.5. The molecule has 1 aromatic carbocycles. The number of hydrogen-bond acceptors (Lipinski definition) is 4. The zero-order valence-electron chi connectivity index (χ0n) is 12.2. The van der Waals surface area contributed by atoms with E-state index in [4.69, 9.17) is 4.74 Å². The average Bonchev–Trinajstić information content (AvgIpc) is 2.85. The van der Waals surface area contributed by atoms with Gasteiger partial charge >= 0.3 is 0 Å². The van der Waals surface area contributed by atoms with E-state index in [9.17, 15) is 8.42 Å². The topological polar surface area (TPSA) is 58.6 Å². The smallest absolute Gasteiger partial charge is 0.243 e. The van der Waals surface area contributed by atoms with Crippen LogP contribution in [0.1, 0.15) is 18.9 Å². The third kappa shape index (κ3) is 2.88. The third-order valence-corrected chi connectivity index (χ3v) is 5.78. The molecule has 1 N–H and O–H groups in total. The van der Waals surface area contributed by atoms with Crippen LogP contribution in [0.2, 0.25) is 0 Å². The molecule has 6 heteroatoms. The molecule has 1 saturated heterocycles. The summed E-state index contributed by atoms with van der Waals surface area (Å²) in [6.07, 6.45) is 0.677. The molecule has 2 unspecified atom stereocenters. The highest BCUT2D eigenvalue weighted by molar-refractivity contribution is 7.89. The number of benzene rings is 1. The maximum Gasteiger partial charge on any atom is 0.243 e. The maximum atomic E-state index is 12.8. The molecule has 20 heavy (non-hydrogen) atoms. The number of ether oxygens (including phenoxy) is 1. The van der Waals surface area contributed by atoms with Gasteiger partial charge in [-0.2, -0.15) is 4.31 Å². The molecule has 1 fully saturated rings. The predicted octanol–water partition coefficient (Wildman–Crippen LogP) is 1.20. The second-order valence-electron chi connectivity index (χ2n) is 5.09. The maximum absolute atomic E-state index is 12.8. The van der Waals surface area contributed by atoms with E-state index >= 15 is 0 Å². The number of likely N-dealkylation sites (N-methyl/N-ethyl adjacent to an activating group) is 1. The van der Waals surface area contributed by atoms with E-state index in [2.05, 4.69) is 5.32 Å². The van der Waals surface area contributed by atoms with Crippen molar-refractivity contribution in [3.05, 3.63) is 29.8 Å². The van der Waals surface area contributed by atoms with Gasteiger partial charge in [0.25, 0.3) is 0 Å². The van der Waals surface area contributed by atoms with Crippen LogP contribution < -0.4 is 5.32 Å². The molecule has 0 bridgehead atoms. The number of nitrogens with one attached hydrogen (secondary N) is 1. The van der Waals surface area contributed by atoms with Crippen molar-refractivity contribution in [2.24, 2.45) is 0 Å². The van der Waals surface area contributed by atoms with Crippen LogP contribution in [0.15, 0.2) is 29.2 Å². The van der Waals surface area contributed by atoms with E-state index in [1.165, 1.54) is 4.31 Å². The molecule has 0 amide bonds. The summed E-state index contributed by atoms with van der Waals surface area (Å²) in [5, 5.41) is 3.01. The second-order valence-corrected chi connectivity index (χ2v) is 7.06. The van der Waals surface area contributed by atoms with Crippen LogP contribution in [0.25, 0.3) is 0 Å². The molecular formula is C14H22N2O3S. The van der Waals surface area contributed by atoms with E-state index in [0.717, 1.165) is 12.0 Å². The summed E-state index contributed by atoms with van der Waals surface area (Å²) in [6, 6.07) is 7.02. The van der Waals surface area contributed by atoms with Crippen molar-refractivity contribution in [3.8, 4) is 0 Å². The lowest BCUT2D eigenvalue weighted by Gasteiger charge is -2.27. The van der Waals surface area contributed by atoms with Gasteiger partial charge in [-0.25, -0.2) is 8.42 Å².